The minimum absolute atomic E-state index is 0.180. The molecule has 78 valence electrons. The van der Waals surface area contributed by atoms with Crippen molar-refractivity contribution in [2.24, 2.45) is 11.3 Å². The fraction of sp³-hybridized carbons (Fsp3) is 0.333. The molecule has 0 amide bonds. The minimum Gasteiger partial charge on any atom is -0.0739 e. The van der Waals surface area contributed by atoms with Crippen LogP contribution >= 0.6 is 0 Å². The minimum atomic E-state index is 0.180. The first kappa shape index (κ1) is 10.2. The van der Waals surface area contributed by atoms with Gasteiger partial charge in [-0.1, -0.05) is 69.3 Å². The Labute approximate surface area is 92.3 Å². The normalized spacial score (nSPS) is 17.6. The van der Waals surface area contributed by atoms with Crippen molar-refractivity contribution in [3.05, 3.63) is 47.5 Å². The van der Waals surface area contributed by atoms with Gasteiger partial charge in [0.15, 0.2) is 0 Å². The lowest BCUT2D eigenvalue weighted by atomic mass is 9.79. The van der Waals surface area contributed by atoms with Crippen molar-refractivity contribution < 1.29 is 0 Å². The Morgan fingerprint density at radius 1 is 0.933 bits per heavy atom. The number of fused-ring (bicyclic) bond motifs is 1. The molecule has 0 bridgehead atoms. The van der Waals surface area contributed by atoms with E-state index in [9.17, 15) is 0 Å². The molecule has 0 saturated carbocycles. The number of rotatable bonds is 1. The first-order valence-electron chi connectivity index (χ1n) is 5.59. The topological polar surface area (TPSA) is 0 Å². The van der Waals surface area contributed by atoms with Crippen molar-refractivity contribution in [1.29, 1.82) is 0 Å². The van der Waals surface area contributed by atoms with E-state index in [1.807, 2.05) is 0 Å². The molecule has 2 rings (SSSR count). The van der Waals surface area contributed by atoms with Gasteiger partial charge in [-0.3, -0.25) is 0 Å². The fourth-order valence-corrected chi connectivity index (χ4v) is 1.79. The zero-order valence-electron chi connectivity index (χ0n) is 9.70. The van der Waals surface area contributed by atoms with E-state index in [0.29, 0.717) is 5.92 Å². The number of benzene rings is 1. The van der Waals surface area contributed by atoms with Crippen LogP contribution in [0.2, 0.25) is 0 Å². The second-order valence-corrected chi connectivity index (χ2v) is 4.82. The highest BCUT2D eigenvalue weighted by molar-refractivity contribution is 5.68. The van der Waals surface area contributed by atoms with Crippen LogP contribution in [-0.2, 0) is 0 Å². The quantitative estimate of drug-likeness (QED) is 0.628. The van der Waals surface area contributed by atoms with Gasteiger partial charge in [0.1, 0.15) is 0 Å². The van der Waals surface area contributed by atoms with Crippen LogP contribution in [0.4, 0.5) is 0 Å². The number of hydrogen-bond donors (Lipinski definition) is 0. The zero-order chi connectivity index (χ0) is 10.9. The van der Waals surface area contributed by atoms with E-state index in [4.69, 9.17) is 0 Å². The summed E-state index contributed by atoms with van der Waals surface area (Å²) in [5.74, 6) is 0.624. The summed E-state index contributed by atoms with van der Waals surface area (Å²) in [5, 5.41) is 0. The highest BCUT2D eigenvalue weighted by atomic mass is 14.3. The third-order valence-electron chi connectivity index (χ3n) is 3.48. The van der Waals surface area contributed by atoms with E-state index >= 15 is 0 Å². The lowest BCUT2D eigenvalue weighted by Crippen LogP contribution is -2.16. The number of hydrogen-bond acceptors (Lipinski definition) is 0. The summed E-state index contributed by atoms with van der Waals surface area (Å²) in [5.41, 5.74) is 2.82. The van der Waals surface area contributed by atoms with E-state index in [1.165, 1.54) is 11.1 Å². The van der Waals surface area contributed by atoms with Gasteiger partial charge in [-0.05, 0) is 17.0 Å². The molecule has 0 spiro atoms. The maximum atomic E-state index is 2.32. The van der Waals surface area contributed by atoms with E-state index < -0.39 is 0 Å². The van der Waals surface area contributed by atoms with Gasteiger partial charge in [0.25, 0.3) is 0 Å². The summed E-state index contributed by atoms with van der Waals surface area (Å²) in [6.07, 6.45) is 9.13. The van der Waals surface area contributed by atoms with Crippen molar-refractivity contribution in [1.82, 2.24) is 0 Å². The molecule has 1 aliphatic rings. The van der Waals surface area contributed by atoms with Crippen molar-refractivity contribution in [3.63, 3.8) is 0 Å². The van der Waals surface area contributed by atoms with Crippen molar-refractivity contribution in [2.75, 3.05) is 0 Å². The van der Waals surface area contributed by atoms with Crippen molar-refractivity contribution in [2.45, 2.75) is 20.8 Å². The second kappa shape index (κ2) is 3.69. The Hall–Kier alpha value is -1.30. The predicted molar refractivity (Wildman–Crippen MR) is 67.5 cm³/mol. The Morgan fingerprint density at radius 2 is 1.40 bits per heavy atom. The molecule has 0 aromatic heterocycles. The maximum absolute atomic E-state index is 2.32. The van der Waals surface area contributed by atoms with Crippen molar-refractivity contribution >= 4 is 12.2 Å². The van der Waals surface area contributed by atoms with Crippen LogP contribution in [0.15, 0.2) is 36.4 Å². The van der Waals surface area contributed by atoms with Crippen LogP contribution in [0.1, 0.15) is 31.9 Å². The van der Waals surface area contributed by atoms with Crippen LogP contribution in [0.3, 0.4) is 0 Å². The van der Waals surface area contributed by atoms with E-state index in [-0.39, 0.29) is 5.41 Å². The molecule has 0 heterocycles. The molecule has 1 aliphatic carbocycles. The van der Waals surface area contributed by atoms with Gasteiger partial charge >= 0.3 is 0 Å². The summed E-state index contributed by atoms with van der Waals surface area (Å²) in [6, 6.07) is 8.52. The largest absolute Gasteiger partial charge is 0.0739 e. The van der Waals surface area contributed by atoms with Gasteiger partial charge in [0, 0.05) is 5.41 Å². The second-order valence-electron chi connectivity index (χ2n) is 4.82. The van der Waals surface area contributed by atoms with Gasteiger partial charge in [-0.25, -0.2) is 0 Å². The molecule has 0 radical (unpaired) electrons. The number of allylic oxidation sites excluding steroid dienone is 2. The highest BCUT2D eigenvalue weighted by Crippen LogP contribution is 2.34. The third-order valence-corrected chi connectivity index (χ3v) is 3.48. The molecule has 0 fully saturated rings. The lowest BCUT2D eigenvalue weighted by molar-refractivity contribution is 0.387. The van der Waals surface area contributed by atoms with E-state index in [2.05, 4.69) is 69.3 Å². The molecule has 0 saturated heterocycles. The van der Waals surface area contributed by atoms with Crippen LogP contribution in [0.5, 0.6) is 0 Å². The molecule has 0 atom stereocenters. The molecule has 0 aliphatic heterocycles. The molecule has 15 heavy (non-hydrogen) atoms. The SMILES string of the molecule is CC(C)C1(C)C=Cc2ccccc2C=C1. The average molecular weight is 198 g/mol. The van der Waals surface area contributed by atoms with Crippen LogP contribution < -0.4 is 0 Å². The molecule has 1 aromatic carbocycles. The Balaban J connectivity index is 2.46. The molecule has 0 unspecified atom stereocenters. The summed E-state index contributed by atoms with van der Waals surface area (Å²) in [6.45, 7) is 6.83. The summed E-state index contributed by atoms with van der Waals surface area (Å²) in [7, 11) is 0. The van der Waals surface area contributed by atoms with Crippen LogP contribution in [0, 0.1) is 11.3 Å². The maximum Gasteiger partial charge on any atom is 0.00622 e. The summed E-state index contributed by atoms with van der Waals surface area (Å²) >= 11 is 0. The Morgan fingerprint density at radius 3 is 1.80 bits per heavy atom. The van der Waals surface area contributed by atoms with Gasteiger partial charge in [0.2, 0.25) is 0 Å². The fourth-order valence-electron chi connectivity index (χ4n) is 1.79. The monoisotopic (exact) mass is 198 g/mol. The smallest absolute Gasteiger partial charge is 0.00622 e. The van der Waals surface area contributed by atoms with Gasteiger partial charge in [-0.2, -0.15) is 0 Å². The molecular formula is C15H18. The molecule has 0 nitrogen and oxygen atoms in total. The zero-order valence-corrected chi connectivity index (χ0v) is 9.70. The van der Waals surface area contributed by atoms with Crippen LogP contribution in [0.25, 0.3) is 12.2 Å². The van der Waals surface area contributed by atoms with Gasteiger partial charge in [-0.15, -0.1) is 0 Å². The summed E-state index contributed by atoms with van der Waals surface area (Å²) in [4.78, 5) is 0. The molecular weight excluding hydrogens is 180 g/mol. The lowest BCUT2D eigenvalue weighted by Gasteiger charge is -2.26. The Bertz CT molecular complexity index is 375. The average Bonchev–Trinajstić information content (AvgIpc) is 2.40. The van der Waals surface area contributed by atoms with E-state index in [0.717, 1.165) is 0 Å². The first-order chi connectivity index (χ1) is 7.12. The molecule has 0 N–H and O–H groups in total. The standard InChI is InChI=1S/C15H18/c1-12(2)15(3)10-8-13-6-4-5-7-14(13)9-11-15/h4-12H,1-3H3. The Kier molecular flexibility index (Phi) is 2.52. The predicted octanol–water partition coefficient (Wildman–Crippen LogP) is 4.39. The highest BCUT2D eigenvalue weighted by Gasteiger charge is 2.22. The van der Waals surface area contributed by atoms with Crippen LogP contribution in [-0.4, -0.2) is 0 Å². The summed E-state index contributed by atoms with van der Waals surface area (Å²) < 4.78 is 0. The van der Waals surface area contributed by atoms with Gasteiger partial charge < -0.3 is 0 Å². The molecule has 1 aromatic rings. The van der Waals surface area contributed by atoms with Gasteiger partial charge in [0.05, 0.1) is 0 Å². The molecule has 0 heteroatoms. The van der Waals surface area contributed by atoms with E-state index in [1.54, 1.807) is 0 Å². The van der Waals surface area contributed by atoms with Crippen molar-refractivity contribution in [3.8, 4) is 0 Å². The third kappa shape index (κ3) is 1.90. The first-order valence-corrected chi connectivity index (χ1v) is 5.59.